The maximum absolute atomic E-state index is 13.3. The molecule has 1 saturated heterocycles. The van der Waals surface area contributed by atoms with Crippen molar-refractivity contribution in [1.82, 2.24) is 0 Å². The Hall–Kier alpha value is -4.46. The first kappa shape index (κ1) is 25.8. The highest BCUT2D eigenvalue weighted by Crippen LogP contribution is 2.39. The quantitative estimate of drug-likeness (QED) is 0.281. The molecule has 1 unspecified atom stereocenters. The third-order valence-electron chi connectivity index (χ3n) is 8.20. The van der Waals surface area contributed by atoms with E-state index < -0.39 is 5.97 Å². The van der Waals surface area contributed by atoms with Crippen molar-refractivity contribution in [1.29, 1.82) is 0 Å². The highest BCUT2D eigenvalue weighted by molar-refractivity contribution is 5.94. The van der Waals surface area contributed by atoms with Gasteiger partial charge in [-0.05, 0) is 62.6 Å². The minimum atomic E-state index is -1.00. The summed E-state index contributed by atoms with van der Waals surface area (Å²) in [5, 5.41) is 17.0. The number of fused-ring (bicyclic) bond motifs is 2. The molecule has 1 atom stereocenters. The molecule has 2 aliphatic heterocycles. The van der Waals surface area contributed by atoms with E-state index in [4.69, 9.17) is 9.15 Å². The standard InChI is InChI=1S/C32H33N3O5/c1-20-15-23(21(2)34-25-8-4-3-7-22(25)31(37)38)30-24(16-20)27(36)17-29(40-30)35-13-11-32(12-14-35)18-33-26-9-5-6-10-28(26)39-19-32/h3-10,15-17,21,33-34H,11-14,18-19H2,1-2H3,(H,37,38). The molecule has 8 heteroatoms. The SMILES string of the molecule is Cc1cc(C(C)Nc2ccccc2C(=O)O)c2oc(N3CCC4(CC3)CNc3ccccc3OC4)cc(=O)c2c1. The molecule has 0 bridgehead atoms. The number of benzene rings is 3. The number of nitrogens with one attached hydrogen (secondary N) is 2. The molecule has 206 valence electrons. The first-order chi connectivity index (χ1) is 19.3. The van der Waals surface area contributed by atoms with Gasteiger partial charge in [-0.2, -0.15) is 0 Å². The van der Waals surface area contributed by atoms with Crippen LogP contribution in [0.25, 0.3) is 11.0 Å². The number of nitrogens with zero attached hydrogens (tertiary/aromatic N) is 1. The largest absolute Gasteiger partial charge is 0.491 e. The smallest absolute Gasteiger partial charge is 0.337 e. The Kier molecular flexibility index (Phi) is 6.62. The van der Waals surface area contributed by atoms with Crippen molar-refractivity contribution in [2.24, 2.45) is 5.41 Å². The number of ether oxygens (including phenoxy) is 1. The average molecular weight is 540 g/mol. The average Bonchev–Trinajstić information content (AvgIpc) is 3.13. The van der Waals surface area contributed by atoms with E-state index in [2.05, 4.69) is 15.5 Å². The fourth-order valence-corrected chi connectivity index (χ4v) is 5.83. The third-order valence-corrected chi connectivity index (χ3v) is 8.20. The number of hydrogen-bond donors (Lipinski definition) is 3. The Morgan fingerprint density at radius 2 is 1.82 bits per heavy atom. The Bertz CT molecular complexity index is 1610. The summed E-state index contributed by atoms with van der Waals surface area (Å²) in [5.74, 6) is 0.444. The number of carbonyl (C=O) groups is 1. The van der Waals surface area contributed by atoms with Gasteiger partial charge in [0.2, 0.25) is 0 Å². The van der Waals surface area contributed by atoms with Gasteiger partial charge >= 0.3 is 5.97 Å². The second kappa shape index (κ2) is 10.3. The van der Waals surface area contributed by atoms with E-state index >= 15 is 0 Å². The lowest BCUT2D eigenvalue weighted by Gasteiger charge is -2.40. The zero-order valence-electron chi connectivity index (χ0n) is 22.7. The summed E-state index contributed by atoms with van der Waals surface area (Å²) >= 11 is 0. The molecule has 3 N–H and O–H groups in total. The van der Waals surface area contributed by atoms with Crippen LogP contribution in [0.1, 0.15) is 47.3 Å². The Balaban J connectivity index is 1.27. The molecule has 0 saturated carbocycles. The van der Waals surface area contributed by atoms with Crippen LogP contribution in [0.3, 0.4) is 0 Å². The van der Waals surface area contributed by atoms with E-state index in [1.54, 1.807) is 30.3 Å². The van der Waals surface area contributed by atoms with Crippen LogP contribution in [-0.2, 0) is 0 Å². The molecule has 0 aliphatic carbocycles. The molecular formula is C32H33N3O5. The lowest BCUT2D eigenvalue weighted by Crippen LogP contribution is -2.46. The minimum absolute atomic E-state index is 0.00486. The maximum atomic E-state index is 13.3. The van der Waals surface area contributed by atoms with Crippen molar-refractivity contribution in [2.75, 3.05) is 41.8 Å². The molecule has 1 aromatic heterocycles. The molecule has 4 aromatic rings. The zero-order valence-corrected chi connectivity index (χ0v) is 22.7. The predicted octanol–water partition coefficient (Wildman–Crippen LogP) is 6.06. The van der Waals surface area contributed by atoms with E-state index in [1.165, 1.54) is 0 Å². The van der Waals surface area contributed by atoms with Crippen molar-refractivity contribution < 1.29 is 19.1 Å². The summed E-state index contributed by atoms with van der Waals surface area (Å²) in [4.78, 5) is 27.2. The van der Waals surface area contributed by atoms with Crippen LogP contribution in [0.4, 0.5) is 17.3 Å². The number of carboxylic acid groups (broad SMARTS) is 1. The molecule has 8 nitrogen and oxygen atoms in total. The van der Waals surface area contributed by atoms with E-state index in [0.29, 0.717) is 29.1 Å². The van der Waals surface area contributed by atoms with E-state index in [9.17, 15) is 14.7 Å². The van der Waals surface area contributed by atoms with Gasteiger partial charge in [-0.15, -0.1) is 0 Å². The van der Waals surface area contributed by atoms with Crippen molar-refractivity contribution in [3.8, 4) is 5.75 Å². The molecule has 6 rings (SSSR count). The van der Waals surface area contributed by atoms with Crippen LogP contribution in [0.5, 0.6) is 5.75 Å². The lowest BCUT2D eigenvalue weighted by atomic mass is 9.79. The second-order valence-corrected chi connectivity index (χ2v) is 11.0. The molecule has 2 aliphatic rings. The van der Waals surface area contributed by atoms with Crippen molar-refractivity contribution >= 4 is 34.2 Å². The van der Waals surface area contributed by atoms with Gasteiger partial charge in [-0.3, -0.25) is 4.79 Å². The number of aryl methyl sites for hydroxylation is 1. The highest BCUT2D eigenvalue weighted by atomic mass is 16.5. The summed E-state index contributed by atoms with van der Waals surface area (Å²) in [6, 6.07) is 20.0. The van der Waals surface area contributed by atoms with Gasteiger partial charge < -0.3 is 29.8 Å². The van der Waals surface area contributed by atoms with Gasteiger partial charge in [0.25, 0.3) is 0 Å². The Labute approximate surface area is 232 Å². The number of hydrogen-bond acceptors (Lipinski definition) is 7. The fraction of sp³-hybridized carbons (Fsp3) is 0.312. The van der Waals surface area contributed by atoms with Crippen LogP contribution in [-0.4, -0.2) is 37.3 Å². The van der Waals surface area contributed by atoms with E-state index in [1.807, 2.05) is 50.2 Å². The van der Waals surface area contributed by atoms with Crippen LogP contribution in [0.15, 0.2) is 75.9 Å². The van der Waals surface area contributed by atoms with Gasteiger partial charge in [0.1, 0.15) is 11.3 Å². The number of piperidine rings is 1. The summed E-state index contributed by atoms with van der Waals surface area (Å²) in [5.41, 5.74) is 3.91. The monoisotopic (exact) mass is 539 g/mol. The van der Waals surface area contributed by atoms with Crippen LogP contribution < -0.4 is 25.7 Å². The molecule has 1 fully saturated rings. The maximum Gasteiger partial charge on any atom is 0.337 e. The molecular weight excluding hydrogens is 506 g/mol. The first-order valence-corrected chi connectivity index (χ1v) is 13.7. The first-order valence-electron chi connectivity index (χ1n) is 13.7. The molecule has 0 amide bonds. The van der Waals surface area contributed by atoms with Crippen LogP contribution in [0, 0.1) is 12.3 Å². The number of aromatic carboxylic acids is 1. The zero-order chi connectivity index (χ0) is 27.9. The fourth-order valence-electron chi connectivity index (χ4n) is 5.83. The van der Waals surface area contributed by atoms with E-state index in [0.717, 1.165) is 55.0 Å². The molecule has 40 heavy (non-hydrogen) atoms. The number of rotatable bonds is 5. The molecule has 1 spiro atoms. The summed E-state index contributed by atoms with van der Waals surface area (Å²) in [6.07, 6.45) is 1.81. The molecule has 0 radical (unpaired) electrons. The third kappa shape index (κ3) is 4.85. The Morgan fingerprint density at radius 1 is 1.07 bits per heavy atom. The van der Waals surface area contributed by atoms with Crippen molar-refractivity contribution in [2.45, 2.75) is 32.7 Å². The summed E-state index contributed by atoms with van der Waals surface area (Å²) in [6.45, 7) is 6.87. The minimum Gasteiger partial charge on any atom is -0.491 e. The normalized spacial score (nSPS) is 16.9. The molecule has 3 aromatic carbocycles. The van der Waals surface area contributed by atoms with Gasteiger partial charge in [0.15, 0.2) is 11.3 Å². The van der Waals surface area contributed by atoms with Crippen molar-refractivity contribution in [3.63, 3.8) is 0 Å². The summed E-state index contributed by atoms with van der Waals surface area (Å²) < 4.78 is 12.7. The van der Waals surface area contributed by atoms with Crippen LogP contribution in [0.2, 0.25) is 0 Å². The lowest BCUT2D eigenvalue weighted by molar-refractivity contribution is 0.0698. The number of anilines is 3. The second-order valence-electron chi connectivity index (χ2n) is 11.0. The van der Waals surface area contributed by atoms with Crippen molar-refractivity contribution in [3.05, 3.63) is 93.6 Å². The molecule has 3 heterocycles. The van der Waals surface area contributed by atoms with E-state index in [-0.39, 0.29) is 22.4 Å². The number of para-hydroxylation sites is 3. The highest BCUT2D eigenvalue weighted by Gasteiger charge is 2.38. The predicted molar refractivity (Wildman–Crippen MR) is 157 cm³/mol. The summed E-state index contributed by atoms with van der Waals surface area (Å²) in [7, 11) is 0. The van der Waals surface area contributed by atoms with Crippen LogP contribution >= 0.6 is 0 Å². The topological polar surface area (TPSA) is 104 Å². The van der Waals surface area contributed by atoms with Gasteiger partial charge in [0, 0.05) is 42.4 Å². The van der Waals surface area contributed by atoms with Gasteiger partial charge in [0.05, 0.1) is 29.3 Å². The Morgan fingerprint density at radius 3 is 2.62 bits per heavy atom. The van der Waals surface area contributed by atoms with Gasteiger partial charge in [-0.25, -0.2) is 4.79 Å². The number of carboxylic acids is 1. The van der Waals surface area contributed by atoms with Gasteiger partial charge in [-0.1, -0.05) is 30.3 Å².